The molecule has 1 aliphatic rings. The van der Waals surface area contributed by atoms with Gasteiger partial charge in [-0.2, -0.15) is 11.3 Å². The lowest BCUT2D eigenvalue weighted by Gasteiger charge is -2.09. The molecule has 0 aliphatic heterocycles. The Kier molecular flexibility index (Phi) is 1.77. The Morgan fingerprint density at radius 2 is 2.42 bits per heavy atom. The van der Waals surface area contributed by atoms with Gasteiger partial charge in [0.25, 0.3) is 0 Å². The molecule has 1 aliphatic carbocycles. The molecular formula is C9H10O2S. The Morgan fingerprint density at radius 1 is 1.67 bits per heavy atom. The number of carbonyl (C=O) groups is 1. The topological polar surface area (TPSA) is 37.3 Å². The highest BCUT2D eigenvalue weighted by Gasteiger charge is 2.50. The maximum absolute atomic E-state index is 11.3. The molecule has 1 heterocycles. The fraction of sp³-hybridized carbons (Fsp3) is 0.444. The van der Waals surface area contributed by atoms with Crippen LogP contribution in [-0.2, 0) is 10.2 Å². The van der Waals surface area contributed by atoms with Crippen LogP contribution in [0.15, 0.2) is 16.8 Å². The summed E-state index contributed by atoms with van der Waals surface area (Å²) in [4.78, 5) is 11.3. The predicted molar refractivity (Wildman–Crippen MR) is 47.3 cm³/mol. The molecule has 3 heteroatoms. The van der Waals surface area contributed by atoms with E-state index in [0.717, 1.165) is 18.4 Å². The van der Waals surface area contributed by atoms with Gasteiger partial charge in [0.2, 0.25) is 0 Å². The monoisotopic (exact) mass is 182 g/mol. The molecule has 1 fully saturated rings. The second-order valence-corrected chi connectivity index (χ2v) is 3.96. The van der Waals surface area contributed by atoms with Crippen LogP contribution in [0.2, 0.25) is 0 Å². The maximum Gasteiger partial charge on any atom is 0.168 e. The molecular weight excluding hydrogens is 172 g/mol. The van der Waals surface area contributed by atoms with Crippen LogP contribution in [0.1, 0.15) is 18.4 Å². The van der Waals surface area contributed by atoms with Crippen LogP contribution in [0, 0.1) is 0 Å². The first-order valence-electron chi connectivity index (χ1n) is 3.96. The average molecular weight is 182 g/mol. The summed E-state index contributed by atoms with van der Waals surface area (Å²) >= 11 is 1.60. The molecule has 0 spiro atoms. The highest BCUT2D eigenvalue weighted by molar-refractivity contribution is 7.08. The van der Waals surface area contributed by atoms with Crippen LogP contribution in [-0.4, -0.2) is 17.5 Å². The van der Waals surface area contributed by atoms with Crippen LogP contribution >= 0.6 is 11.3 Å². The van der Waals surface area contributed by atoms with Crippen molar-refractivity contribution in [1.29, 1.82) is 0 Å². The number of thiophene rings is 1. The third-order valence-corrected chi connectivity index (χ3v) is 3.18. The summed E-state index contributed by atoms with van der Waals surface area (Å²) in [6.45, 7) is -0.324. The zero-order chi connectivity index (χ0) is 8.60. The van der Waals surface area contributed by atoms with Crippen molar-refractivity contribution < 1.29 is 9.90 Å². The lowest BCUT2D eigenvalue weighted by atomic mass is 9.94. The van der Waals surface area contributed by atoms with Gasteiger partial charge in [0.1, 0.15) is 6.61 Å². The molecule has 0 bridgehead atoms. The van der Waals surface area contributed by atoms with Crippen molar-refractivity contribution in [3.05, 3.63) is 22.4 Å². The predicted octanol–water partition coefficient (Wildman–Crippen LogP) is 1.34. The van der Waals surface area contributed by atoms with Gasteiger partial charge in [0, 0.05) is 0 Å². The summed E-state index contributed by atoms with van der Waals surface area (Å²) in [6.07, 6.45) is 1.81. The molecule has 0 radical (unpaired) electrons. The summed E-state index contributed by atoms with van der Waals surface area (Å²) < 4.78 is 0. The summed E-state index contributed by atoms with van der Waals surface area (Å²) in [7, 11) is 0. The van der Waals surface area contributed by atoms with Gasteiger partial charge in [0.05, 0.1) is 5.41 Å². The lowest BCUT2D eigenvalue weighted by Crippen LogP contribution is -2.22. The van der Waals surface area contributed by atoms with Crippen molar-refractivity contribution in [1.82, 2.24) is 0 Å². The molecule has 12 heavy (non-hydrogen) atoms. The van der Waals surface area contributed by atoms with Gasteiger partial charge in [0.15, 0.2) is 5.78 Å². The molecule has 1 N–H and O–H groups in total. The highest BCUT2D eigenvalue weighted by atomic mass is 32.1. The first kappa shape index (κ1) is 7.95. The minimum atomic E-state index is -0.324. The quantitative estimate of drug-likeness (QED) is 0.766. The number of rotatable bonds is 3. The second-order valence-electron chi connectivity index (χ2n) is 3.18. The summed E-state index contributed by atoms with van der Waals surface area (Å²) in [5.41, 5.74) is 0.793. The van der Waals surface area contributed by atoms with E-state index in [4.69, 9.17) is 5.11 Å². The first-order valence-corrected chi connectivity index (χ1v) is 4.91. The lowest BCUT2D eigenvalue weighted by molar-refractivity contribution is -0.124. The van der Waals surface area contributed by atoms with Crippen molar-refractivity contribution >= 4 is 17.1 Å². The van der Waals surface area contributed by atoms with Gasteiger partial charge in [-0.25, -0.2) is 0 Å². The van der Waals surface area contributed by atoms with Crippen molar-refractivity contribution in [3.8, 4) is 0 Å². The number of hydrogen-bond acceptors (Lipinski definition) is 3. The number of Topliss-reactive ketones (excluding diaryl/α,β-unsaturated/α-hetero) is 1. The van der Waals surface area contributed by atoms with Crippen LogP contribution in [0.4, 0.5) is 0 Å². The molecule has 0 atom stereocenters. The number of aliphatic hydroxyl groups excluding tert-OH is 1. The van der Waals surface area contributed by atoms with E-state index in [1.807, 2.05) is 16.8 Å². The van der Waals surface area contributed by atoms with Crippen molar-refractivity contribution in [2.75, 3.05) is 6.61 Å². The number of hydrogen-bond donors (Lipinski definition) is 1. The molecule has 0 unspecified atom stereocenters. The van der Waals surface area contributed by atoms with E-state index in [9.17, 15) is 4.79 Å². The molecule has 2 nitrogen and oxygen atoms in total. The van der Waals surface area contributed by atoms with E-state index in [2.05, 4.69) is 0 Å². The SMILES string of the molecule is O=C(CO)C1(c2ccsc2)CC1. The average Bonchev–Trinajstić information content (AvgIpc) is 2.73. The Hall–Kier alpha value is -0.670. The normalized spacial score (nSPS) is 19.1. The highest BCUT2D eigenvalue weighted by Crippen LogP contribution is 2.49. The smallest absolute Gasteiger partial charge is 0.168 e. The van der Waals surface area contributed by atoms with Crippen molar-refractivity contribution in [2.24, 2.45) is 0 Å². The molecule has 0 amide bonds. The fourth-order valence-corrected chi connectivity index (χ4v) is 2.30. The molecule has 0 aromatic carbocycles. The minimum absolute atomic E-state index is 0.0269. The third kappa shape index (κ3) is 1.01. The van der Waals surface area contributed by atoms with Gasteiger partial charge in [-0.15, -0.1) is 0 Å². The van der Waals surface area contributed by atoms with Crippen LogP contribution in [0.5, 0.6) is 0 Å². The van der Waals surface area contributed by atoms with E-state index >= 15 is 0 Å². The Balaban J connectivity index is 2.28. The third-order valence-electron chi connectivity index (χ3n) is 2.50. The van der Waals surface area contributed by atoms with E-state index in [0.29, 0.717) is 0 Å². The molecule has 1 saturated carbocycles. The molecule has 2 rings (SSSR count). The van der Waals surface area contributed by atoms with E-state index in [1.54, 1.807) is 11.3 Å². The van der Waals surface area contributed by atoms with Crippen LogP contribution < -0.4 is 0 Å². The van der Waals surface area contributed by atoms with Crippen molar-refractivity contribution in [2.45, 2.75) is 18.3 Å². The molecule has 0 saturated heterocycles. The van der Waals surface area contributed by atoms with E-state index in [-0.39, 0.29) is 17.8 Å². The standard InChI is InChI=1S/C9H10O2S/c10-5-8(11)9(2-3-9)7-1-4-12-6-7/h1,4,6,10H,2-3,5H2. The van der Waals surface area contributed by atoms with Gasteiger partial charge >= 0.3 is 0 Å². The zero-order valence-electron chi connectivity index (χ0n) is 6.62. The van der Waals surface area contributed by atoms with Crippen molar-refractivity contribution in [3.63, 3.8) is 0 Å². The zero-order valence-corrected chi connectivity index (χ0v) is 7.43. The largest absolute Gasteiger partial charge is 0.389 e. The number of carbonyl (C=O) groups excluding carboxylic acids is 1. The molecule has 1 aromatic heterocycles. The van der Waals surface area contributed by atoms with Gasteiger partial charge in [-0.3, -0.25) is 4.79 Å². The Bertz CT molecular complexity index is 285. The Labute approximate surface area is 74.8 Å². The summed E-state index contributed by atoms with van der Waals surface area (Å²) in [5.74, 6) is -0.0269. The number of ketones is 1. The Morgan fingerprint density at radius 3 is 2.83 bits per heavy atom. The van der Waals surface area contributed by atoms with Crippen LogP contribution in [0.3, 0.4) is 0 Å². The molecule has 64 valence electrons. The molecule has 1 aromatic rings. The fourth-order valence-electron chi connectivity index (χ4n) is 1.54. The van der Waals surface area contributed by atoms with Gasteiger partial charge in [-0.1, -0.05) is 0 Å². The van der Waals surface area contributed by atoms with Crippen LogP contribution in [0.25, 0.3) is 0 Å². The van der Waals surface area contributed by atoms with Gasteiger partial charge < -0.3 is 5.11 Å². The first-order chi connectivity index (χ1) is 5.79. The maximum atomic E-state index is 11.3. The van der Waals surface area contributed by atoms with E-state index in [1.165, 1.54) is 0 Å². The summed E-state index contributed by atoms with van der Waals surface area (Å²) in [6, 6.07) is 1.98. The van der Waals surface area contributed by atoms with E-state index < -0.39 is 0 Å². The number of aliphatic hydroxyl groups is 1. The van der Waals surface area contributed by atoms with Gasteiger partial charge in [-0.05, 0) is 35.2 Å². The summed E-state index contributed by atoms with van der Waals surface area (Å²) in [5, 5.41) is 12.7. The minimum Gasteiger partial charge on any atom is -0.389 e. The second kappa shape index (κ2) is 2.68.